The normalized spacial score (nSPS) is 21.2. The van der Waals surface area contributed by atoms with Crippen molar-refractivity contribution in [1.29, 1.82) is 0 Å². The summed E-state index contributed by atoms with van der Waals surface area (Å²) in [4.78, 5) is 3.85. The lowest BCUT2D eigenvalue weighted by atomic mass is 9.82. The zero-order valence-electron chi connectivity index (χ0n) is 11.8. The first-order valence-corrected chi connectivity index (χ1v) is 6.39. The lowest BCUT2D eigenvalue weighted by molar-refractivity contribution is -0.0261. The second-order valence-electron chi connectivity index (χ2n) is 5.93. The van der Waals surface area contributed by atoms with Crippen LogP contribution in [0.15, 0.2) is 30.1 Å². The number of nitrogen functional groups attached to an aromatic ring is 1. The summed E-state index contributed by atoms with van der Waals surface area (Å²) in [5, 5.41) is 2.75. The first kappa shape index (κ1) is 14.6. The van der Waals surface area contributed by atoms with Gasteiger partial charge >= 0.3 is 0 Å². The van der Waals surface area contributed by atoms with Gasteiger partial charge in [-0.2, -0.15) is 8.78 Å². The van der Waals surface area contributed by atoms with Crippen LogP contribution in [0, 0.1) is 5.41 Å². The molecule has 0 aromatic carbocycles. The molecule has 1 aromatic rings. The van der Waals surface area contributed by atoms with Gasteiger partial charge in [0.15, 0.2) is 11.6 Å². The van der Waals surface area contributed by atoms with Crippen molar-refractivity contribution in [1.82, 2.24) is 10.3 Å². The van der Waals surface area contributed by atoms with Crippen LogP contribution in [-0.2, 0) is 0 Å². The summed E-state index contributed by atoms with van der Waals surface area (Å²) in [5.41, 5.74) is 4.97. The molecule has 1 aliphatic heterocycles. The van der Waals surface area contributed by atoms with Crippen LogP contribution in [-0.4, -0.2) is 23.6 Å². The van der Waals surface area contributed by atoms with Crippen LogP contribution < -0.4 is 15.8 Å². The van der Waals surface area contributed by atoms with Gasteiger partial charge in [-0.25, -0.2) is 4.98 Å². The van der Waals surface area contributed by atoms with Gasteiger partial charge in [-0.15, -0.1) is 0 Å². The highest BCUT2D eigenvalue weighted by Crippen LogP contribution is 2.40. The van der Waals surface area contributed by atoms with E-state index in [1.165, 1.54) is 12.4 Å². The van der Waals surface area contributed by atoms with Gasteiger partial charge in [0, 0.05) is 12.4 Å². The quantitative estimate of drug-likeness (QED) is 0.895. The highest BCUT2D eigenvalue weighted by Gasteiger charge is 2.52. The topological polar surface area (TPSA) is 60.2 Å². The van der Waals surface area contributed by atoms with E-state index in [0.717, 1.165) is 0 Å². The minimum absolute atomic E-state index is 0.0827. The average Bonchev–Trinajstić information content (AvgIpc) is 2.63. The highest BCUT2D eigenvalue weighted by atomic mass is 19.3. The minimum Gasteiger partial charge on any atom is -0.485 e. The first-order chi connectivity index (χ1) is 9.23. The third-order valence-corrected chi connectivity index (χ3v) is 3.26. The van der Waals surface area contributed by atoms with Crippen molar-refractivity contribution in [3.63, 3.8) is 0 Å². The average molecular weight is 283 g/mol. The third kappa shape index (κ3) is 2.69. The van der Waals surface area contributed by atoms with Gasteiger partial charge in [-0.1, -0.05) is 20.8 Å². The summed E-state index contributed by atoms with van der Waals surface area (Å²) in [6.07, 6.45) is 2.85. The molecule has 1 unspecified atom stereocenters. The Bertz CT molecular complexity index is 523. The molecule has 0 saturated carbocycles. The van der Waals surface area contributed by atoms with E-state index in [2.05, 4.69) is 10.3 Å². The number of rotatable bonds is 3. The van der Waals surface area contributed by atoms with Crippen molar-refractivity contribution < 1.29 is 13.5 Å². The Hall–Kier alpha value is -1.85. The number of nitrogens with two attached hydrogens (primary N) is 1. The van der Waals surface area contributed by atoms with Gasteiger partial charge in [0.1, 0.15) is 6.61 Å². The first-order valence-electron chi connectivity index (χ1n) is 6.39. The maximum Gasteiger partial charge on any atom is 0.294 e. The largest absolute Gasteiger partial charge is 0.485 e. The molecule has 1 aromatic heterocycles. The van der Waals surface area contributed by atoms with Gasteiger partial charge in [0.25, 0.3) is 5.92 Å². The zero-order chi connectivity index (χ0) is 15.0. The van der Waals surface area contributed by atoms with E-state index in [9.17, 15) is 8.78 Å². The molecule has 1 atom stereocenters. The van der Waals surface area contributed by atoms with E-state index in [-0.39, 0.29) is 18.0 Å². The maximum absolute atomic E-state index is 14.3. The van der Waals surface area contributed by atoms with Crippen LogP contribution in [0.3, 0.4) is 0 Å². The molecule has 0 amide bonds. The maximum atomic E-state index is 14.3. The minimum atomic E-state index is -2.95. The molecule has 0 aliphatic carbocycles. The SMILES string of the molecule is CC(C)(C)C1NC=C(COc2cccnc2N)C1(F)F. The summed E-state index contributed by atoms with van der Waals surface area (Å²) in [5.74, 6) is -2.45. The Morgan fingerprint density at radius 3 is 2.70 bits per heavy atom. The summed E-state index contributed by atoms with van der Waals surface area (Å²) in [6.45, 7) is 5.10. The molecule has 3 N–H and O–H groups in total. The molecule has 4 nitrogen and oxygen atoms in total. The fourth-order valence-electron chi connectivity index (χ4n) is 2.18. The molecule has 0 radical (unpaired) electrons. The number of nitrogens with zero attached hydrogens (tertiary/aromatic N) is 1. The molecule has 0 spiro atoms. The Morgan fingerprint density at radius 2 is 2.15 bits per heavy atom. The molecule has 2 heterocycles. The van der Waals surface area contributed by atoms with E-state index in [4.69, 9.17) is 10.5 Å². The number of pyridine rings is 1. The summed E-state index contributed by atoms with van der Waals surface area (Å²) in [7, 11) is 0. The van der Waals surface area contributed by atoms with E-state index in [1.807, 2.05) is 0 Å². The fourth-order valence-corrected chi connectivity index (χ4v) is 2.18. The van der Waals surface area contributed by atoms with E-state index in [1.54, 1.807) is 32.9 Å². The fraction of sp³-hybridized carbons (Fsp3) is 0.500. The molecule has 6 heteroatoms. The Balaban J connectivity index is 2.07. The standard InChI is InChI=1S/C14H19F2N3O/c1-13(2,3)12-14(15,16)9(7-19-12)8-20-10-5-4-6-18-11(10)17/h4-7,12,19H,8H2,1-3H3,(H2,17,18). The third-order valence-electron chi connectivity index (χ3n) is 3.26. The van der Waals surface area contributed by atoms with E-state index >= 15 is 0 Å². The van der Waals surface area contributed by atoms with Gasteiger partial charge in [0.2, 0.25) is 0 Å². The number of anilines is 1. The van der Waals surface area contributed by atoms with Crippen LogP contribution in [0.1, 0.15) is 20.8 Å². The molecule has 20 heavy (non-hydrogen) atoms. The number of hydrogen-bond acceptors (Lipinski definition) is 4. The molecular weight excluding hydrogens is 264 g/mol. The second-order valence-corrected chi connectivity index (χ2v) is 5.93. The number of aromatic nitrogens is 1. The van der Waals surface area contributed by atoms with Crippen molar-refractivity contribution in [2.45, 2.75) is 32.7 Å². The number of alkyl halides is 2. The molecule has 0 bridgehead atoms. The monoisotopic (exact) mass is 283 g/mol. The lowest BCUT2D eigenvalue weighted by Crippen LogP contribution is -2.48. The molecule has 0 saturated heterocycles. The predicted molar refractivity (Wildman–Crippen MR) is 73.6 cm³/mol. The van der Waals surface area contributed by atoms with Crippen LogP contribution in [0.2, 0.25) is 0 Å². The number of hydrogen-bond donors (Lipinski definition) is 2. The van der Waals surface area contributed by atoms with Crippen molar-refractivity contribution in [2.75, 3.05) is 12.3 Å². The Kier molecular flexibility index (Phi) is 3.58. The molecular formula is C14H19F2N3O. The summed E-state index contributed by atoms with van der Waals surface area (Å²) >= 11 is 0. The van der Waals surface area contributed by atoms with Crippen LogP contribution >= 0.6 is 0 Å². The van der Waals surface area contributed by atoms with Crippen LogP contribution in [0.25, 0.3) is 0 Å². The number of ether oxygens (including phenoxy) is 1. The molecule has 0 fully saturated rings. The Morgan fingerprint density at radius 1 is 1.45 bits per heavy atom. The highest BCUT2D eigenvalue weighted by molar-refractivity contribution is 5.45. The van der Waals surface area contributed by atoms with Crippen molar-refractivity contribution >= 4 is 5.82 Å². The van der Waals surface area contributed by atoms with Gasteiger partial charge in [0.05, 0.1) is 11.6 Å². The van der Waals surface area contributed by atoms with Crippen molar-refractivity contribution in [2.24, 2.45) is 5.41 Å². The molecule has 110 valence electrons. The lowest BCUT2D eigenvalue weighted by Gasteiger charge is -2.33. The molecule has 2 rings (SSSR count). The van der Waals surface area contributed by atoms with Crippen molar-refractivity contribution in [3.05, 3.63) is 30.1 Å². The van der Waals surface area contributed by atoms with Crippen LogP contribution in [0.5, 0.6) is 5.75 Å². The Labute approximate surface area is 117 Å². The van der Waals surface area contributed by atoms with Crippen LogP contribution in [0.4, 0.5) is 14.6 Å². The second kappa shape index (κ2) is 4.92. The van der Waals surface area contributed by atoms with Gasteiger partial charge in [-0.3, -0.25) is 0 Å². The van der Waals surface area contributed by atoms with E-state index in [0.29, 0.717) is 5.75 Å². The van der Waals surface area contributed by atoms with Gasteiger partial charge in [-0.05, 0) is 17.5 Å². The predicted octanol–water partition coefficient (Wildman–Crippen LogP) is 2.58. The van der Waals surface area contributed by atoms with E-state index < -0.39 is 17.4 Å². The zero-order valence-corrected chi connectivity index (χ0v) is 11.8. The van der Waals surface area contributed by atoms with Gasteiger partial charge < -0.3 is 15.8 Å². The summed E-state index contributed by atoms with van der Waals surface area (Å²) < 4.78 is 34.0. The number of halogens is 2. The smallest absolute Gasteiger partial charge is 0.294 e. The molecule has 1 aliphatic rings. The summed E-state index contributed by atoms with van der Waals surface area (Å²) in [6, 6.07) is 2.30. The number of nitrogens with one attached hydrogen (secondary N) is 1. The van der Waals surface area contributed by atoms with Crippen molar-refractivity contribution in [3.8, 4) is 5.75 Å².